The van der Waals surface area contributed by atoms with Gasteiger partial charge in [0.05, 0.1) is 34.2 Å². The minimum Gasteiger partial charge on any atom is -0.549 e. The van der Waals surface area contributed by atoms with Crippen LogP contribution in [0.25, 0.3) is 0 Å². The van der Waals surface area contributed by atoms with Crippen LogP contribution in [0.3, 0.4) is 0 Å². The largest absolute Gasteiger partial charge is 3.00 e. The van der Waals surface area contributed by atoms with E-state index in [2.05, 4.69) is 0 Å². The van der Waals surface area contributed by atoms with Crippen molar-refractivity contribution in [3.63, 3.8) is 0 Å². The number of carboxylic acid groups (broad SMARTS) is 3. The number of carboxylic acids is 3. The molecule has 343 valence electrons. The zero-order valence-corrected chi connectivity index (χ0v) is 41.7. The Morgan fingerprint density at radius 2 is 0.371 bits per heavy atom. The summed E-state index contributed by atoms with van der Waals surface area (Å²) in [5.41, 5.74) is 3.66. The minimum atomic E-state index is -1.20. The number of hydrogen-bond donors (Lipinski definition) is 0. The topological polar surface area (TPSA) is 120 Å². The zero-order chi connectivity index (χ0) is 48.4. The van der Waals surface area contributed by atoms with Crippen molar-refractivity contribution >= 4 is 17.9 Å². The third kappa shape index (κ3) is 12.1. The summed E-state index contributed by atoms with van der Waals surface area (Å²) >= 11 is 0. The van der Waals surface area contributed by atoms with Gasteiger partial charge in [0, 0.05) is 0 Å². The van der Waals surface area contributed by atoms with Gasteiger partial charge in [-0.25, -0.2) is 0 Å². The Morgan fingerprint density at radius 1 is 0.243 bits per heavy atom. The summed E-state index contributed by atoms with van der Waals surface area (Å²) < 4.78 is 0. The number of hydrogen-bond acceptors (Lipinski definition) is 6. The van der Waals surface area contributed by atoms with E-state index in [0.29, 0.717) is 19.3 Å². The fourth-order valence-electron chi connectivity index (χ4n) is 9.08. The second-order valence-electron chi connectivity index (χ2n) is 16.8. The van der Waals surface area contributed by atoms with Gasteiger partial charge in [0.25, 0.3) is 0 Å². The monoisotopic (exact) mass is 1040 g/mol. The van der Waals surface area contributed by atoms with Gasteiger partial charge in [-0.15, -0.1) is 0 Å². The molecule has 0 amide bonds. The molecule has 9 aromatic carbocycles. The van der Waals surface area contributed by atoms with E-state index in [1.807, 2.05) is 273 Å². The summed E-state index contributed by atoms with van der Waals surface area (Å²) in [4.78, 5) is 36.9. The average Bonchev–Trinajstić information content (AvgIpc) is 3.41. The molecule has 7 heteroatoms. The molecule has 6 nitrogen and oxygen atoms in total. The van der Waals surface area contributed by atoms with E-state index < -0.39 is 34.2 Å². The molecule has 9 aromatic rings. The molecule has 0 spiro atoms. The van der Waals surface area contributed by atoms with E-state index in [4.69, 9.17) is 0 Å². The molecule has 0 atom stereocenters. The Balaban J connectivity index is 0.000000171. The first-order chi connectivity index (χ1) is 33.7. The van der Waals surface area contributed by atoms with E-state index in [9.17, 15) is 29.7 Å². The van der Waals surface area contributed by atoms with Gasteiger partial charge in [-0.3, -0.25) is 0 Å². The SMILES string of the molecule is O=C([O-])C(Cc1ccccc1)(c1ccccc1)c1ccccc1.O=C([O-])C(Cc1ccccc1)(c1ccccc1)c1ccccc1.O=C([O-])C(Cc1ccccc1)(c1ccccc1)c1ccccc1.[Ce+3]. The van der Waals surface area contributed by atoms with Gasteiger partial charge in [-0.2, -0.15) is 0 Å². The predicted octanol–water partition coefficient (Wildman–Crippen LogP) is 8.90. The van der Waals surface area contributed by atoms with Crippen molar-refractivity contribution < 1.29 is 71.5 Å². The van der Waals surface area contributed by atoms with Crippen molar-refractivity contribution in [3.8, 4) is 0 Å². The molecule has 0 unspecified atom stereocenters. The van der Waals surface area contributed by atoms with E-state index in [0.717, 1.165) is 50.1 Å². The molecular weight excluding hydrogens is 993 g/mol. The molecular formula is C63H51CeO6. The first-order valence-electron chi connectivity index (χ1n) is 22.8. The van der Waals surface area contributed by atoms with Crippen LogP contribution in [0.4, 0.5) is 0 Å². The van der Waals surface area contributed by atoms with Crippen LogP contribution in [-0.4, -0.2) is 17.9 Å². The fraction of sp³-hybridized carbons (Fsp3) is 0.0952. The predicted molar refractivity (Wildman–Crippen MR) is 266 cm³/mol. The molecule has 0 saturated carbocycles. The Kier molecular flexibility index (Phi) is 18.9. The number of rotatable bonds is 15. The van der Waals surface area contributed by atoms with Crippen LogP contribution in [0.1, 0.15) is 50.1 Å². The van der Waals surface area contributed by atoms with Crippen LogP contribution in [0.2, 0.25) is 0 Å². The van der Waals surface area contributed by atoms with Crippen LogP contribution in [-0.2, 0) is 49.9 Å². The summed E-state index contributed by atoms with van der Waals surface area (Å²) in [6.07, 6.45) is 1.05. The van der Waals surface area contributed by atoms with Gasteiger partial charge in [0.1, 0.15) is 0 Å². The van der Waals surface area contributed by atoms with Gasteiger partial charge < -0.3 is 29.7 Å². The Morgan fingerprint density at radius 3 is 0.500 bits per heavy atom. The van der Waals surface area contributed by atoms with Gasteiger partial charge in [-0.05, 0) is 69.3 Å². The molecule has 0 aliphatic heterocycles. The van der Waals surface area contributed by atoms with Crippen molar-refractivity contribution in [2.24, 2.45) is 0 Å². The number of carbonyl (C=O) groups is 3. The van der Waals surface area contributed by atoms with Gasteiger partial charge >= 0.3 is 41.7 Å². The van der Waals surface area contributed by atoms with Crippen LogP contribution in [0.5, 0.6) is 0 Å². The smallest absolute Gasteiger partial charge is 0.549 e. The molecule has 0 fully saturated rings. The maximum Gasteiger partial charge on any atom is 3.00 e. The fourth-order valence-corrected chi connectivity index (χ4v) is 9.08. The second-order valence-corrected chi connectivity index (χ2v) is 16.8. The minimum absolute atomic E-state index is 0. The maximum atomic E-state index is 12.3. The van der Waals surface area contributed by atoms with Crippen molar-refractivity contribution in [2.45, 2.75) is 35.5 Å². The van der Waals surface area contributed by atoms with Crippen LogP contribution in [0, 0.1) is 41.7 Å². The Hall–Kier alpha value is -7.23. The van der Waals surface area contributed by atoms with Crippen molar-refractivity contribution in [2.75, 3.05) is 0 Å². The summed E-state index contributed by atoms with van der Waals surface area (Å²) in [6.45, 7) is 0. The molecule has 0 N–H and O–H groups in total. The molecule has 0 aromatic heterocycles. The first kappa shape index (κ1) is 52.1. The van der Waals surface area contributed by atoms with Crippen molar-refractivity contribution in [1.29, 1.82) is 0 Å². The summed E-state index contributed by atoms with van der Waals surface area (Å²) in [5, 5.41) is 36.9. The normalized spacial score (nSPS) is 11.0. The van der Waals surface area contributed by atoms with E-state index in [-0.39, 0.29) is 41.7 Å². The Labute approximate surface area is 444 Å². The van der Waals surface area contributed by atoms with Gasteiger partial charge in [0.15, 0.2) is 0 Å². The van der Waals surface area contributed by atoms with Crippen LogP contribution in [0.15, 0.2) is 273 Å². The van der Waals surface area contributed by atoms with Crippen molar-refractivity contribution in [3.05, 3.63) is 323 Å². The first-order valence-corrected chi connectivity index (χ1v) is 22.8. The molecule has 0 heterocycles. The molecule has 0 saturated heterocycles. The molecule has 9 rings (SSSR count). The summed E-state index contributed by atoms with van der Waals surface area (Å²) in [7, 11) is 0. The summed E-state index contributed by atoms with van der Waals surface area (Å²) in [6, 6.07) is 84.9. The number of carbonyl (C=O) groups excluding carboxylic acids is 3. The number of benzene rings is 9. The molecule has 0 aliphatic rings. The van der Waals surface area contributed by atoms with E-state index >= 15 is 0 Å². The van der Waals surface area contributed by atoms with Gasteiger partial charge in [0.2, 0.25) is 0 Å². The van der Waals surface area contributed by atoms with E-state index in [1.165, 1.54) is 0 Å². The van der Waals surface area contributed by atoms with E-state index in [1.54, 1.807) is 0 Å². The third-order valence-electron chi connectivity index (χ3n) is 12.6. The molecule has 1 radical (unpaired) electrons. The maximum absolute atomic E-state index is 12.3. The molecule has 0 aliphatic carbocycles. The van der Waals surface area contributed by atoms with Crippen molar-refractivity contribution in [1.82, 2.24) is 0 Å². The van der Waals surface area contributed by atoms with Crippen LogP contribution < -0.4 is 15.3 Å². The number of aliphatic carboxylic acids is 3. The summed E-state index contributed by atoms with van der Waals surface area (Å²) in [5.74, 6) is -3.25. The standard InChI is InChI=1S/3C21H18O2.Ce/c3*22-20(23)21(18-12-6-2-7-13-18,19-14-8-3-9-15-19)16-17-10-4-1-5-11-17;/h3*1-15H,16H2,(H,22,23);/q;;;+3/p-3. The average molecular weight is 1040 g/mol. The van der Waals surface area contributed by atoms with Crippen LogP contribution >= 0.6 is 0 Å². The second kappa shape index (κ2) is 25.4. The quantitative estimate of drug-likeness (QED) is 0.101. The Bertz CT molecular complexity index is 2510. The third-order valence-corrected chi connectivity index (χ3v) is 12.6. The van der Waals surface area contributed by atoms with Gasteiger partial charge in [-0.1, -0.05) is 273 Å². The molecule has 0 bridgehead atoms. The molecule has 70 heavy (non-hydrogen) atoms. The zero-order valence-electron chi connectivity index (χ0n) is 38.6.